The van der Waals surface area contributed by atoms with Gasteiger partial charge in [0.05, 0.1) is 12.1 Å². The SMILES string of the molecule is Cc1ccc2cc1OCC(=O)NCCCOc1ccc3[nH]nc-2c3c1. The Kier molecular flexibility index (Phi) is 4.01. The van der Waals surface area contributed by atoms with Crippen LogP contribution >= 0.6 is 0 Å². The van der Waals surface area contributed by atoms with Gasteiger partial charge in [-0.3, -0.25) is 9.89 Å². The number of rotatable bonds is 0. The van der Waals surface area contributed by atoms with Crippen molar-refractivity contribution in [2.24, 2.45) is 0 Å². The number of fused-ring (bicyclic) bond motifs is 4. The van der Waals surface area contributed by atoms with E-state index in [0.29, 0.717) is 18.9 Å². The van der Waals surface area contributed by atoms with Crippen molar-refractivity contribution in [1.29, 1.82) is 0 Å². The third-order valence-electron chi connectivity index (χ3n) is 4.27. The number of hydrogen-bond donors (Lipinski definition) is 2. The first-order chi connectivity index (χ1) is 12.2. The summed E-state index contributed by atoms with van der Waals surface area (Å²) in [5, 5.41) is 11.3. The Morgan fingerprint density at radius 3 is 2.96 bits per heavy atom. The Morgan fingerprint density at radius 2 is 2.04 bits per heavy atom. The van der Waals surface area contributed by atoms with Crippen molar-refractivity contribution in [3.05, 3.63) is 42.0 Å². The molecule has 6 heteroatoms. The molecule has 2 aromatic carbocycles. The van der Waals surface area contributed by atoms with E-state index in [2.05, 4.69) is 15.5 Å². The summed E-state index contributed by atoms with van der Waals surface area (Å²) < 4.78 is 11.5. The molecule has 0 radical (unpaired) electrons. The average Bonchev–Trinajstić information content (AvgIpc) is 3.03. The van der Waals surface area contributed by atoms with Crippen LogP contribution in [0.25, 0.3) is 22.2 Å². The molecule has 2 N–H and O–H groups in total. The van der Waals surface area contributed by atoms with Crippen LogP contribution in [-0.4, -0.2) is 35.9 Å². The van der Waals surface area contributed by atoms with Crippen LogP contribution in [0.1, 0.15) is 12.0 Å². The molecule has 2 heterocycles. The summed E-state index contributed by atoms with van der Waals surface area (Å²) in [5.74, 6) is 1.34. The Labute approximate surface area is 145 Å². The zero-order valence-corrected chi connectivity index (χ0v) is 14.0. The van der Waals surface area contributed by atoms with Gasteiger partial charge in [-0.1, -0.05) is 12.1 Å². The molecule has 25 heavy (non-hydrogen) atoms. The average molecular weight is 337 g/mol. The molecule has 0 saturated carbocycles. The van der Waals surface area contributed by atoms with Crippen LogP contribution in [0.3, 0.4) is 0 Å². The topological polar surface area (TPSA) is 76.2 Å². The van der Waals surface area contributed by atoms with E-state index in [4.69, 9.17) is 9.47 Å². The number of H-pyrrole nitrogens is 1. The highest BCUT2D eigenvalue weighted by molar-refractivity contribution is 5.94. The smallest absolute Gasteiger partial charge is 0.257 e. The molecule has 4 rings (SSSR count). The predicted molar refractivity (Wildman–Crippen MR) is 94.9 cm³/mol. The minimum absolute atomic E-state index is 0.00508. The van der Waals surface area contributed by atoms with E-state index < -0.39 is 0 Å². The highest BCUT2D eigenvalue weighted by atomic mass is 16.5. The highest BCUT2D eigenvalue weighted by Crippen LogP contribution is 2.32. The van der Waals surface area contributed by atoms with Gasteiger partial charge < -0.3 is 14.8 Å². The molecule has 1 aliphatic rings. The second-order valence-corrected chi connectivity index (χ2v) is 6.10. The lowest BCUT2D eigenvalue weighted by Crippen LogP contribution is -2.30. The molecular weight excluding hydrogens is 318 g/mol. The fourth-order valence-electron chi connectivity index (χ4n) is 2.89. The number of aromatic nitrogens is 2. The monoisotopic (exact) mass is 337 g/mol. The summed E-state index contributed by atoms with van der Waals surface area (Å²) in [4.78, 5) is 11.9. The molecule has 1 aromatic heterocycles. The fourth-order valence-corrected chi connectivity index (χ4v) is 2.89. The largest absolute Gasteiger partial charge is 0.494 e. The van der Waals surface area contributed by atoms with Gasteiger partial charge in [0, 0.05) is 17.5 Å². The number of benzene rings is 2. The van der Waals surface area contributed by atoms with E-state index in [9.17, 15) is 4.79 Å². The number of carbonyl (C=O) groups is 1. The van der Waals surface area contributed by atoms with Gasteiger partial charge in [0.1, 0.15) is 17.2 Å². The molecule has 128 valence electrons. The van der Waals surface area contributed by atoms with Gasteiger partial charge in [0.2, 0.25) is 0 Å². The lowest BCUT2D eigenvalue weighted by molar-refractivity contribution is -0.123. The molecule has 1 aliphatic heterocycles. The van der Waals surface area contributed by atoms with Crippen LogP contribution in [-0.2, 0) is 4.79 Å². The second-order valence-electron chi connectivity index (χ2n) is 6.10. The normalized spacial score (nSPS) is 15.0. The summed E-state index contributed by atoms with van der Waals surface area (Å²) in [7, 11) is 0. The van der Waals surface area contributed by atoms with Crippen molar-refractivity contribution >= 4 is 16.8 Å². The lowest BCUT2D eigenvalue weighted by atomic mass is 10.1. The lowest BCUT2D eigenvalue weighted by Gasteiger charge is -2.10. The van der Waals surface area contributed by atoms with Gasteiger partial charge in [-0.2, -0.15) is 5.10 Å². The number of nitrogens with one attached hydrogen (secondary N) is 2. The molecular formula is C19H19N3O3. The Bertz CT molecular complexity index is 933. The number of carbonyl (C=O) groups excluding carboxylic acids is 1. The zero-order valence-electron chi connectivity index (χ0n) is 14.0. The molecule has 0 aliphatic carbocycles. The first-order valence-electron chi connectivity index (χ1n) is 8.32. The van der Waals surface area contributed by atoms with E-state index in [0.717, 1.165) is 39.9 Å². The van der Waals surface area contributed by atoms with Crippen molar-refractivity contribution in [1.82, 2.24) is 15.5 Å². The van der Waals surface area contributed by atoms with Crippen LogP contribution in [0.15, 0.2) is 36.4 Å². The predicted octanol–water partition coefficient (Wildman–Crippen LogP) is 2.82. The van der Waals surface area contributed by atoms with Gasteiger partial charge in [0.15, 0.2) is 6.61 Å². The van der Waals surface area contributed by atoms with Crippen LogP contribution in [0.2, 0.25) is 0 Å². The number of nitrogens with zero attached hydrogens (tertiary/aromatic N) is 1. The van der Waals surface area contributed by atoms with E-state index in [1.54, 1.807) is 0 Å². The van der Waals surface area contributed by atoms with Gasteiger partial charge in [-0.15, -0.1) is 0 Å². The van der Waals surface area contributed by atoms with Crippen molar-refractivity contribution in [3.63, 3.8) is 0 Å². The second kappa shape index (κ2) is 6.47. The maximum atomic E-state index is 11.9. The fraction of sp³-hybridized carbons (Fsp3) is 0.263. The molecule has 4 bridgehead atoms. The zero-order chi connectivity index (χ0) is 17.2. The van der Waals surface area contributed by atoms with Crippen LogP contribution in [0, 0.1) is 6.92 Å². The van der Waals surface area contributed by atoms with Crippen LogP contribution in [0.5, 0.6) is 11.5 Å². The third-order valence-corrected chi connectivity index (χ3v) is 4.27. The summed E-state index contributed by atoms with van der Waals surface area (Å²) in [5.41, 5.74) is 3.69. The molecule has 0 spiro atoms. The van der Waals surface area contributed by atoms with Crippen molar-refractivity contribution in [3.8, 4) is 22.8 Å². The molecule has 1 amide bonds. The van der Waals surface area contributed by atoms with Gasteiger partial charge in [-0.25, -0.2) is 0 Å². The highest BCUT2D eigenvalue weighted by Gasteiger charge is 2.13. The van der Waals surface area contributed by atoms with E-state index in [1.165, 1.54) is 0 Å². The van der Waals surface area contributed by atoms with Gasteiger partial charge >= 0.3 is 0 Å². The number of aryl methyl sites for hydroxylation is 1. The first kappa shape index (κ1) is 15.5. The molecule has 0 unspecified atom stereocenters. The molecule has 0 saturated heterocycles. The first-order valence-corrected chi connectivity index (χ1v) is 8.32. The minimum atomic E-state index is -0.137. The van der Waals surface area contributed by atoms with E-state index in [-0.39, 0.29) is 12.5 Å². The number of aromatic amines is 1. The summed E-state index contributed by atoms with van der Waals surface area (Å²) >= 11 is 0. The van der Waals surface area contributed by atoms with E-state index >= 15 is 0 Å². The summed E-state index contributed by atoms with van der Waals surface area (Å²) in [6.07, 6.45) is 0.731. The molecule has 0 atom stereocenters. The maximum Gasteiger partial charge on any atom is 0.257 e. The summed E-state index contributed by atoms with van der Waals surface area (Å²) in [6, 6.07) is 11.8. The Morgan fingerprint density at radius 1 is 1.12 bits per heavy atom. The van der Waals surface area contributed by atoms with Gasteiger partial charge in [0.25, 0.3) is 5.91 Å². The van der Waals surface area contributed by atoms with Crippen LogP contribution < -0.4 is 14.8 Å². The minimum Gasteiger partial charge on any atom is -0.494 e. The maximum absolute atomic E-state index is 11.9. The van der Waals surface area contributed by atoms with Crippen molar-refractivity contribution < 1.29 is 14.3 Å². The molecule has 0 fully saturated rings. The standard InChI is InChI=1S/C19H19N3O3/c1-12-3-4-13-9-17(12)25-11-18(23)20-7-2-8-24-14-5-6-16-15(10-14)19(13)22-21-16/h3-6,9-10H,2,7-8,11H2,1H3,(H,20,23)(H,21,22). The molecule has 6 nitrogen and oxygen atoms in total. The Hall–Kier alpha value is -3.02. The van der Waals surface area contributed by atoms with Crippen LogP contribution in [0.4, 0.5) is 0 Å². The molecule has 3 aromatic rings. The number of amides is 1. The number of ether oxygens (including phenoxy) is 2. The van der Waals surface area contributed by atoms with Gasteiger partial charge in [-0.05, 0) is 43.2 Å². The number of hydrogen-bond acceptors (Lipinski definition) is 4. The summed E-state index contributed by atoms with van der Waals surface area (Å²) in [6.45, 7) is 3.04. The van der Waals surface area contributed by atoms with Crippen molar-refractivity contribution in [2.75, 3.05) is 19.8 Å². The quantitative estimate of drug-likeness (QED) is 0.661. The third kappa shape index (κ3) is 3.15. The van der Waals surface area contributed by atoms with E-state index in [1.807, 2.05) is 43.3 Å². The Balaban J connectivity index is 1.81. The van der Waals surface area contributed by atoms with Crippen molar-refractivity contribution in [2.45, 2.75) is 13.3 Å².